The molecule has 0 aliphatic carbocycles. The number of hydrogen-bond donors (Lipinski definition) is 2. The molecule has 0 radical (unpaired) electrons. The van der Waals surface area contributed by atoms with E-state index < -0.39 is 9.84 Å². The van der Waals surface area contributed by atoms with Crippen LogP contribution in [0.5, 0.6) is 0 Å². The van der Waals surface area contributed by atoms with Gasteiger partial charge in [0.05, 0.1) is 11.4 Å². The Labute approximate surface area is 186 Å². The Bertz CT molecular complexity index is 756. The highest BCUT2D eigenvalue weighted by atomic mass is 127. The maximum Gasteiger partial charge on any atom is 0.240 e. The minimum absolute atomic E-state index is 0. The van der Waals surface area contributed by atoms with Crippen LogP contribution in [-0.4, -0.2) is 63.7 Å². The maximum absolute atomic E-state index is 12.1. The fraction of sp³-hybridized carbons (Fsp3) is 0.579. The first-order valence-corrected chi connectivity index (χ1v) is 10.9. The van der Waals surface area contributed by atoms with E-state index in [4.69, 9.17) is 0 Å². The molecule has 0 aliphatic heterocycles. The number of aliphatic imine (C=N–C) groups is 1. The Morgan fingerprint density at radius 1 is 1.18 bits per heavy atom. The molecule has 0 fully saturated rings. The summed E-state index contributed by atoms with van der Waals surface area (Å²) in [6.07, 6.45) is 1.88. The summed E-state index contributed by atoms with van der Waals surface area (Å²) in [5, 5.41) is 6.12. The van der Waals surface area contributed by atoms with Crippen LogP contribution in [0.1, 0.15) is 33.3 Å². The molecular weight excluding hydrogens is 491 g/mol. The minimum Gasteiger partial charge on any atom is -0.357 e. The number of sulfone groups is 1. The highest BCUT2D eigenvalue weighted by molar-refractivity contribution is 14.0. The van der Waals surface area contributed by atoms with Crippen LogP contribution in [0.4, 0.5) is 0 Å². The lowest BCUT2D eigenvalue weighted by atomic mass is 10.1. The quantitative estimate of drug-likeness (QED) is 0.324. The first-order chi connectivity index (χ1) is 12.4. The minimum atomic E-state index is -3.18. The van der Waals surface area contributed by atoms with E-state index in [1.54, 1.807) is 29.2 Å². The van der Waals surface area contributed by atoms with Gasteiger partial charge in [-0.3, -0.25) is 9.79 Å². The fourth-order valence-corrected chi connectivity index (χ4v) is 3.04. The molecule has 0 unspecified atom stereocenters. The number of halogens is 1. The molecule has 0 spiro atoms. The summed E-state index contributed by atoms with van der Waals surface area (Å²) in [5.41, 5.74) is 0.737. The number of rotatable bonds is 7. The Kier molecular flexibility index (Phi) is 11.0. The summed E-state index contributed by atoms with van der Waals surface area (Å²) in [4.78, 5) is 18.8. The molecule has 0 aliphatic rings. The van der Waals surface area contributed by atoms with E-state index >= 15 is 0 Å². The van der Waals surface area contributed by atoms with E-state index in [0.717, 1.165) is 5.56 Å². The Morgan fingerprint density at radius 2 is 1.75 bits per heavy atom. The third kappa shape index (κ3) is 10.3. The van der Waals surface area contributed by atoms with Crippen molar-refractivity contribution in [2.45, 2.75) is 44.6 Å². The van der Waals surface area contributed by atoms with Gasteiger partial charge >= 0.3 is 0 Å². The molecule has 0 heterocycles. The van der Waals surface area contributed by atoms with Crippen molar-refractivity contribution < 1.29 is 13.2 Å². The third-order valence-electron chi connectivity index (χ3n) is 3.61. The number of benzene rings is 1. The number of amides is 1. The largest absolute Gasteiger partial charge is 0.357 e. The summed E-state index contributed by atoms with van der Waals surface area (Å²) in [7, 11) is -1.35. The molecule has 0 aromatic heterocycles. The number of nitrogens with one attached hydrogen (secondary N) is 2. The molecule has 7 nitrogen and oxygen atoms in total. The van der Waals surface area contributed by atoms with E-state index in [-0.39, 0.29) is 42.0 Å². The SMILES string of the molecule is CCNC(=NCCc1ccc(S(C)(=O)=O)cc1)N(C)CC(=O)NC(C)(C)C.I. The van der Waals surface area contributed by atoms with Crippen LogP contribution in [-0.2, 0) is 21.1 Å². The second kappa shape index (κ2) is 11.6. The topological polar surface area (TPSA) is 90.9 Å². The molecule has 0 atom stereocenters. The van der Waals surface area contributed by atoms with Crippen molar-refractivity contribution in [1.29, 1.82) is 0 Å². The van der Waals surface area contributed by atoms with Crippen molar-refractivity contribution in [1.82, 2.24) is 15.5 Å². The molecule has 160 valence electrons. The fourth-order valence-electron chi connectivity index (χ4n) is 2.41. The Morgan fingerprint density at radius 3 is 2.21 bits per heavy atom. The molecule has 0 bridgehead atoms. The zero-order valence-corrected chi connectivity index (χ0v) is 20.7. The van der Waals surface area contributed by atoms with E-state index in [1.807, 2.05) is 34.7 Å². The van der Waals surface area contributed by atoms with Crippen molar-refractivity contribution >= 4 is 45.7 Å². The van der Waals surface area contributed by atoms with E-state index in [9.17, 15) is 13.2 Å². The standard InChI is InChI=1S/C19H32N4O3S.HI/c1-7-20-18(23(5)14-17(24)22-19(2,3)4)21-13-12-15-8-10-16(11-9-15)27(6,25)26;/h8-11H,7,12-14H2,1-6H3,(H,20,21)(H,22,24);1H. The lowest BCUT2D eigenvalue weighted by Gasteiger charge is -2.25. The smallest absolute Gasteiger partial charge is 0.240 e. The molecule has 1 aromatic carbocycles. The highest BCUT2D eigenvalue weighted by Gasteiger charge is 2.16. The van der Waals surface area contributed by atoms with Crippen molar-refractivity contribution in [3.05, 3.63) is 29.8 Å². The normalized spacial score (nSPS) is 12.1. The Balaban J connectivity index is 0.00000729. The average Bonchev–Trinajstić information content (AvgIpc) is 2.51. The zero-order valence-electron chi connectivity index (χ0n) is 17.6. The van der Waals surface area contributed by atoms with Crippen molar-refractivity contribution in [3.8, 4) is 0 Å². The molecule has 28 heavy (non-hydrogen) atoms. The van der Waals surface area contributed by atoms with Gasteiger partial charge in [0.1, 0.15) is 0 Å². The monoisotopic (exact) mass is 524 g/mol. The number of carbonyl (C=O) groups is 1. The predicted octanol–water partition coefficient (Wildman–Crippen LogP) is 2.06. The van der Waals surface area contributed by atoms with E-state index in [2.05, 4.69) is 15.6 Å². The van der Waals surface area contributed by atoms with Crippen LogP contribution < -0.4 is 10.6 Å². The van der Waals surface area contributed by atoms with Gasteiger partial charge in [0.25, 0.3) is 0 Å². The summed E-state index contributed by atoms with van der Waals surface area (Å²) in [6.45, 7) is 9.26. The predicted molar refractivity (Wildman–Crippen MR) is 125 cm³/mol. The number of likely N-dealkylation sites (N-methyl/N-ethyl adjacent to an activating group) is 1. The summed E-state index contributed by atoms with van der Waals surface area (Å²) in [6, 6.07) is 6.84. The number of hydrogen-bond acceptors (Lipinski definition) is 4. The molecule has 9 heteroatoms. The molecule has 1 amide bonds. The van der Waals surface area contributed by atoms with Gasteiger partial charge in [-0.2, -0.15) is 0 Å². The summed E-state index contributed by atoms with van der Waals surface area (Å²) < 4.78 is 23.0. The van der Waals surface area contributed by atoms with Crippen LogP contribution in [0.3, 0.4) is 0 Å². The highest BCUT2D eigenvalue weighted by Crippen LogP contribution is 2.10. The number of guanidine groups is 1. The van der Waals surface area contributed by atoms with Gasteiger partial charge in [0, 0.05) is 31.9 Å². The first-order valence-electron chi connectivity index (χ1n) is 9.02. The van der Waals surface area contributed by atoms with Gasteiger partial charge in [-0.15, -0.1) is 24.0 Å². The van der Waals surface area contributed by atoms with Crippen LogP contribution >= 0.6 is 24.0 Å². The molecule has 0 saturated heterocycles. The van der Waals surface area contributed by atoms with Gasteiger partial charge in [-0.25, -0.2) is 8.42 Å². The number of carbonyl (C=O) groups excluding carboxylic acids is 1. The Hall–Kier alpha value is -1.36. The molecule has 1 rings (SSSR count). The van der Waals surface area contributed by atoms with Crippen molar-refractivity contribution in [3.63, 3.8) is 0 Å². The van der Waals surface area contributed by atoms with Gasteiger partial charge in [-0.1, -0.05) is 12.1 Å². The summed E-state index contributed by atoms with van der Waals surface area (Å²) >= 11 is 0. The molecule has 2 N–H and O–H groups in total. The lowest BCUT2D eigenvalue weighted by Crippen LogP contribution is -2.48. The van der Waals surface area contributed by atoms with Crippen molar-refractivity contribution in [2.75, 3.05) is 32.9 Å². The molecular formula is C19H33IN4O3S. The first kappa shape index (κ1) is 26.6. The van der Waals surface area contributed by atoms with Crippen LogP contribution in [0.25, 0.3) is 0 Å². The third-order valence-corrected chi connectivity index (χ3v) is 4.73. The molecule has 0 saturated carbocycles. The zero-order chi connectivity index (χ0) is 20.7. The van der Waals surface area contributed by atoms with Gasteiger partial charge in [0.2, 0.25) is 5.91 Å². The van der Waals surface area contributed by atoms with E-state index in [0.29, 0.717) is 30.4 Å². The van der Waals surface area contributed by atoms with Crippen LogP contribution in [0.15, 0.2) is 34.2 Å². The van der Waals surface area contributed by atoms with E-state index in [1.165, 1.54) is 6.26 Å². The molecule has 1 aromatic rings. The average molecular weight is 524 g/mol. The maximum atomic E-state index is 12.1. The number of nitrogens with zero attached hydrogens (tertiary/aromatic N) is 2. The van der Waals surface area contributed by atoms with Gasteiger partial charge in [0.15, 0.2) is 15.8 Å². The van der Waals surface area contributed by atoms with Crippen LogP contribution in [0, 0.1) is 0 Å². The van der Waals surface area contributed by atoms with Gasteiger partial charge < -0.3 is 15.5 Å². The second-order valence-corrected chi connectivity index (χ2v) is 9.57. The second-order valence-electron chi connectivity index (χ2n) is 7.56. The lowest BCUT2D eigenvalue weighted by molar-refractivity contribution is -0.122. The van der Waals surface area contributed by atoms with Crippen molar-refractivity contribution in [2.24, 2.45) is 4.99 Å². The van der Waals surface area contributed by atoms with Gasteiger partial charge in [-0.05, 0) is 51.8 Å². The van der Waals surface area contributed by atoms with Crippen LogP contribution in [0.2, 0.25) is 0 Å². The summed E-state index contributed by atoms with van der Waals surface area (Å²) in [5.74, 6) is 0.598.